The molecule has 3 atom stereocenters. The van der Waals surface area contributed by atoms with Crippen molar-refractivity contribution in [1.82, 2.24) is 15.3 Å². The first-order valence-corrected chi connectivity index (χ1v) is 15.1. The Morgan fingerprint density at radius 2 is 1.76 bits per heavy atom. The highest BCUT2D eigenvalue weighted by Crippen LogP contribution is 2.43. The van der Waals surface area contributed by atoms with Gasteiger partial charge in [0.25, 0.3) is 5.91 Å². The Morgan fingerprint density at radius 1 is 1.07 bits per heavy atom. The Kier molecular flexibility index (Phi) is 8.81. The minimum absolute atomic E-state index is 0.0601. The van der Waals surface area contributed by atoms with E-state index in [1.165, 1.54) is 6.20 Å². The zero-order valence-electron chi connectivity index (χ0n) is 25.7. The number of hydrogen-bond acceptors (Lipinski definition) is 7. The van der Waals surface area contributed by atoms with Crippen LogP contribution in [0.15, 0.2) is 36.7 Å². The number of anilines is 2. The summed E-state index contributed by atoms with van der Waals surface area (Å²) in [4.78, 5) is 34.0. The van der Waals surface area contributed by atoms with Crippen LogP contribution < -0.4 is 16.4 Å². The predicted octanol–water partition coefficient (Wildman–Crippen LogP) is 6.56. The number of ether oxygens (including phenoxy) is 1. The first-order chi connectivity index (χ1) is 21.1. The molecule has 2 heterocycles. The van der Waals surface area contributed by atoms with Crippen LogP contribution >= 0.6 is 0 Å². The van der Waals surface area contributed by atoms with Crippen molar-refractivity contribution in [2.45, 2.75) is 89.4 Å². The van der Waals surface area contributed by atoms with Crippen LogP contribution in [0.4, 0.5) is 29.3 Å². The largest absolute Gasteiger partial charge is 0.446 e. The zero-order valence-corrected chi connectivity index (χ0v) is 25.7. The van der Waals surface area contributed by atoms with Crippen molar-refractivity contribution in [1.29, 1.82) is 0 Å². The van der Waals surface area contributed by atoms with Crippen LogP contribution in [0.25, 0.3) is 11.3 Å². The van der Waals surface area contributed by atoms with Gasteiger partial charge in [0.15, 0.2) is 11.5 Å². The highest BCUT2D eigenvalue weighted by Gasteiger charge is 2.38. The van der Waals surface area contributed by atoms with Gasteiger partial charge in [-0.15, -0.1) is 0 Å². The number of nitrogens with two attached hydrogens (primary N) is 1. The lowest BCUT2D eigenvalue weighted by Gasteiger charge is -2.37. The summed E-state index contributed by atoms with van der Waals surface area (Å²) in [6.45, 7) is 7.65. The summed E-state index contributed by atoms with van der Waals surface area (Å²) in [6, 6.07) is 4.48. The highest BCUT2D eigenvalue weighted by atomic mass is 19.1. The fourth-order valence-corrected chi connectivity index (χ4v) is 6.15. The smallest absolute Gasteiger partial charge is 0.407 e. The molecule has 0 bridgehead atoms. The topological polar surface area (TPSA) is 139 Å². The maximum absolute atomic E-state index is 15.2. The molecule has 0 aliphatic heterocycles. The molecule has 2 fully saturated rings. The molecule has 0 spiro atoms. The molecule has 3 aromatic rings. The van der Waals surface area contributed by atoms with E-state index in [0.717, 1.165) is 36.6 Å². The lowest BCUT2D eigenvalue weighted by Crippen LogP contribution is -2.43. The van der Waals surface area contributed by atoms with Gasteiger partial charge >= 0.3 is 6.09 Å². The molecule has 2 aliphatic rings. The Labute approximate surface area is 259 Å². The first-order valence-electron chi connectivity index (χ1n) is 15.1. The lowest BCUT2D eigenvalue weighted by atomic mass is 9.75. The van der Waals surface area contributed by atoms with Gasteiger partial charge < -0.3 is 26.2 Å². The van der Waals surface area contributed by atoms with Crippen molar-refractivity contribution in [3.05, 3.63) is 70.9 Å². The summed E-state index contributed by atoms with van der Waals surface area (Å²) >= 11 is 0. The SMILES string of the molecule is C[C@@H]1C[C@H](OC(=O)NC(C)(C)C)C[C@H](c2ccncc2NC(=O)c2nc(-c3c(F)cc(C4(O)CCC4)cc3F)c(F)cc2N)C1. The number of rotatable bonds is 6. The standard InChI is InChI=1S/C33H38F3N5O4/c1-17-10-18(12-20(11-17)45-31(43)41-32(2,3)4)21-6-9-38-16-26(21)39-30(42)29-25(37)15-24(36)28(40-29)27-22(34)13-19(14-23(27)35)33(44)7-5-8-33/h6,9,13-18,20,44H,5,7-8,10-12,37H2,1-4H3,(H,39,42)(H,41,43)/t17-,18+,20-/m0/s1. The number of nitrogens with zero attached hydrogens (tertiary/aromatic N) is 2. The van der Waals surface area contributed by atoms with Crippen molar-refractivity contribution in [2.75, 3.05) is 11.1 Å². The molecule has 0 radical (unpaired) electrons. The number of carbonyl (C=O) groups is 2. The van der Waals surface area contributed by atoms with Crippen molar-refractivity contribution in [2.24, 2.45) is 5.92 Å². The quantitative estimate of drug-likeness (QED) is 0.243. The summed E-state index contributed by atoms with van der Waals surface area (Å²) in [7, 11) is 0. The third-order valence-electron chi connectivity index (χ3n) is 8.41. The van der Waals surface area contributed by atoms with Crippen LogP contribution in [0.1, 0.15) is 93.8 Å². The molecule has 240 valence electrons. The number of amides is 2. The third-order valence-corrected chi connectivity index (χ3v) is 8.41. The van der Waals surface area contributed by atoms with Crippen LogP contribution in [0.3, 0.4) is 0 Å². The molecular formula is C33H38F3N5O4. The molecule has 12 heteroatoms. The second-order valence-electron chi connectivity index (χ2n) is 13.3. The molecule has 2 amide bonds. The van der Waals surface area contributed by atoms with E-state index in [-0.39, 0.29) is 29.2 Å². The van der Waals surface area contributed by atoms with Gasteiger partial charge in [-0.3, -0.25) is 9.78 Å². The van der Waals surface area contributed by atoms with E-state index in [9.17, 15) is 14.7 Å². The molecule has 2 saturated carbocycles. The van der Waals surface area contributed by atoms with Gasteiger partial charge in [-0.25, -0.2) is 22.9 Å². The fourth-order valence-electron chi connectivity index (χ4n) is 6.15. The number of nitrogens with one attached hydrogen (secondary N) is 2. The summed E-state index contributed by atoms with van der Waals surface area (Å²) in [5, 5.41) is 16.1. The minimum Gasteiger partial charge on any atom is -0.446 e. The number of aromatic nitrogens is 2. The van der Waals surface area contributed by atoms with Crippen molar-refractivity contribution >= 4 is 23.4 Å². The summed E-state index contributed by atoms with van der Waals surface area (Å²) < 4.78 is 51.2. The average molecular weight is 626 g/mol. The van der Waals surface area contributed by atoms with Gasteiger partial charge in [-0.05, 0) is 100 Å². The van der Waals surface area contributed by atoms with Crippen LogP contribution in [0, 0.1) is 23.4 Å². The molecule has 2 aromatic heterocycles. The van der Waals surface area contributed by atoms with Crippen molar-refractivity contribution in [3.8, 4) is 11.3 Å². The zero-order chi connectivity index (χ0) is 32.7. The molecule has 9 nitrogen and oxygen atoms in total. The van der Waals surface area contributed by atoms with E-state index in [4.69, 9.17) is 10.5 Å². The molecule has 5 N–H and O–H groups in total. The maximum Gasteiger partial charge on any atom is 0.407 e. The number of hydrogen-bond donors (Lipinski definition) is 4. The van der Waals surface area contributed by atoms with E-state index in [1.807, 2.05) is 20.8 Å². The molecule has 5 rings (SSSR count). The lowest BCUT2D eigenvalue weighted by molar-refractivity contribution is -0.0392. The third kappa shape index (κ3) is 7.06. The number of alkyl carbamates (subject to hydrolysis) is 1. The van der Waals surface area contributed by atoms with E-state index in [2.05, 4.69) is 27.5 Å². The van der Waals surface area contributed by atoms with E-state index in [1.54, 1.807) is 12.3 Å². The van der Waals surface area contributed by atoms with Gasteiger partial charge in [0.2, 0.25) is 0 Å². The fraction of sp³-hybridized carbons (Fsp3) is 0.455. The molecule has 0 unspecified atom stereocenters. The van der Waals surface area contributed by atoms with E-state index >= 15 is 13.2 Å². The van der Waals surface area contributed by atoms with Gasteiger partial charge in [-0.2, -0.15) is 0 Å². The van der Waals surface area contributed by atoms with Crippen molar-refractivity contribution < 1.29 is 32.6 Å². The first kappa shape index (κ1) is 32.2. The van der Waals surface area contributed by atoms with Gasteiger partial charge in [0.1, 0.15) is 23.4 Å². The molecule has 45 heavy (non-hydrogen) atoms. The van der Waals surface area contributed by atoms with Crippen molar-refractivity contribution in [3.63, 3.8) is 0 Å². The van der Waals surface area contributed by atoms with E-state index in [0.29, 0.717) is 31.4 Å². The number of halogens is 3. The van der Waals surface area contributed by atoms with Gasteiger partial charge in [-0.1, -0.05) is 6.92 Å². The number of nitrogen functional groups attached to an aromatic ring is 1. The number of carbonyl (C=O) groups excluding carboxylic acids is 2. The second-order valence-corrected chi connectivity index (χ2v) is 13.3. The Balaban J connectivity index is 1.39. The summed E-state index contributed by atoms with van der Waals surface area (Å²) in [6.07, 6.45) is 5.60. The normalized spacial score (nSPS) is 21.0. The second kappa shape index (κ2) is 12.3. The van der Waals surface area contributed by atoms with E-state index < -0.39 is 57.5 Å². The number of benzene rings is 1. The number of pyridine rings is 2. The average Bonchev–Trinajstić information content (AvgIpc) is 2.91. The van der Waals surface area contributed by atoms with Crippen LogP contribution in [-0.4, -0.2) is 38.7 Å². The maximum atomic E-state index is 15.2. The molecule has 1 aromatic carbocycles. The minimum atomic E-state index is -1.33. The molecular weight excluding hydrogens is 587 g/mol. The predicted molar refractivity (Wildman–Crippen MR) is 163 cm³/mol. The molecule has 0 saturated heterocycles. The molecule has 2 aliphatic carbocycles. The Hall–Kier alpha value is -4.19. The summed E-state index contributed by atoms with van der Waals surface area (Å²) in [5.74, 6) is -4.07. The highest BCUT2D eigenvalue weighted by molar-refractivity contribution is 6.07. The van der Waals surface area contributed by atoms with Gasteiger partial charge in [0, 0.05) is 17.8 Å². The van der Waals surface area contributed by atoms with Crippen LogP contribution in [0.2, 0.25) is 0 Å². The Bertz CT molecular complexity index is 1600. The number of aliphatic hydroxyl groups is 1. The van der Waals surface area contributed by atoms with Crippen LogP contribution in [0.5, 0.6) is 0 Å². The van der Waals surface area contributed by atoms with Gasteiger partial charge in [0.05, 0.1) is 28.7 Å². The summed E-state index contributed by atoms with van der Waals surface area (Å²) in [5.41, 5.74) is 3.08. The monoisotopic (exact) mass is 625 g/mol. The van der Waals surface area contributed by atoms with Crippen LogP contribution in [-0.2, 0) is 10.3 Å². The Morgan fingerprint density at radius 3 is 2.38 bits per heavy atom.